The highest BCUT2D eigenvalue weighted by atomic mass is 32.2. The molecule has 0 spiro atoms. The van der Waals surface area contributed by atoms with Gasteiger partial charge >= 0.3 is 5.97 Å². The van der Waals surface area contributed by atoms with Crippen LogP contribution < -0.4 is 10.3 Å². The van der Waals surface area contributed by atoms with Gasteiger partial charge in [-0.25, -0.2) is 17.9 Å². The van der Waals surface area contributed by atoms with Crippen LogP contribution in [0.4, 0.5) is 5.69 Å². The molecule has 0 saturated carbocycles. The fourth-order valence-electron chi connectivity index (χ4n) is 4.87. The van der Waals surface area contributed by atoms with Crippen LogP contribution in [-0.2, 0) is 39.6 Å². The molecule has 0 aliphatic carbocycles. The Labute approximate surface area is 237 Å². The van der Waals surface area contributed by atoms with Gasteiger partial charge in [0, 0.05) is 20.1 Å². The highest BCUT2D eigenvalue weighted by molar-refractivity contribution is 7.92. The molecule has 0 unspecified atom stereocenters. The Bertz CT molecular complexity index is 1810. The predicted octanol–water partition coefficient (Wildman–Crippen LogP) is 3.34. The molecular formula is C30H30N4O6S. The van der Waals surface area contributed by atoms with E-state index < -0.39 is 28.2 Å². The fourth-order valence-corrected chi connectivity index (χ4v) is 6.01. The van der Waals surface area contributed by atoms with Crippen LogP contribution >= 0.6 is 0 Å². The van der Waals surface area contributed by atoms with Crippen molar-refractivity contribution in [3.63, 3.8) is 0 Å². The van der Waals surface area contributed by atoms with Gasteiger partial charge in [-0.3, -0.25) is 19.0 Å². The Morgan fingerprint density at radius 1 is 0.951 bits per heavy atom. The number of aryl methyl sites for hydroxylation is 1. The summed E-state index contributed by atoms with van der Waals surface area (Å²) in [6.07, 6.45) is 0.721. The van der Waals surface area contributed by atoms with Crippen molar-refractivity contribution >= 4 is 27.6 Å². The van der Waals surface area contributed by atoms with Gasteiger partial charge in [0.05, 0.1) is 21.8 Å². The van der Waals surface area contributed by atoms with Gasteiger partial charge in [0.25, 0.3) is 21.5 Å². The number of nitrogens with one attached hydrogen (secondary N) is 1. The minimum absolute atomic E-state index is 0.0103. The topological polar surface area (TPSA) is 120 Å². The molecule has 0 bridgehead atoms. The first kappa shape index (κ1) is 27.9. The summed E-state index contributed by atoms with van der Waals surface area (Å²) < 4.78 is 37.3. The number of esters is 1. The second-order valence-electron chi connectivity index (χ2n) is 9.93. The molecule has 0 fully saturated rings. The number of hydrogen-bond acceptors (Lipinski definition) is 6. The van der Waals surface area contributed by atoms with Gasteiger partial charge in [0.1, 0.15) is 5.69 Å². The number of para-hydroxylation sites is 1. The van der Waals surface area contributed by atoms with Crippen molar-refractivity contribution in [2.75, 3.05) is 17.9 Å². The van der Waals surface area contributed by atoms with E-state index in [9.17, 15) is 22.8 Å². The van der Waals surface area contributed by atoms with Crippen LogP contribution in [-0.4, -0.2) is 47.7 Å². The lowest BCUT2D eigenvalue weighted by Crippen LogP contribution is -2.38. The summed E-state index contributed by atoms with van der Waals surface area (Å²) >= 11 is 0. The van der Waals surface area contributed by atoms with Crippen LogP contribution in [0.15, 0.2) is 82.5 Å². The zero-order valence-electron chi connectivity index (χ0n) is 23.0. The lowest BCUT2D eigenvalue weighted by Gasteiger charge is -2.28. The molecule has 0 radical (unpaired) electrons. The van der Waals surface area contributed by atoms with E-state index in [4.69, 9.17) is 4.74 Å². The monoisotopic (exact) mass is 574 g/mol. The van der Waals surface area contributed by atoms with Crippen LogP contribution in [0, 0.1) is 13.8 Å². The van der Waals surface area contributed by atoms with E-state index in [2.05, 4.69) is 4.72 Å². The summed E-state index contributed by atoms with van der Waals surface area (Å²) in [5.41, 5.74) is 3.10. The number of anilines is 1. The van der Waals surface area contributed by atoms with Gasteiger partial charge in [0.2, 0.25) is 0 Å². The molecule has 0 atom stereocenters. The summed E-state index contributed by atoms with van der Waals surface area (Å²) in [6, 6.07) is 20.8. The Balaban J connectivity index is 1.32. The fraction of sp³-hybridized carbons (Fsp3) is 0.233. The molecule has 2 heterocycles. The summed E-state index contributed by atoms with van der Waals surface area (Å²) in [4.78, 5) is 40.3. The molecular weight excluding hydrogens is 544 g/mol. The average Bonchev–Trinajstić information content (AvgIpc) is 3.18. The minimum Gasteiger partial charge on any atom is -0.452 e. The maximum Gasteiger partial charge on any atom is 0.338 e. The number of benzene rings is 3. The third-order valence-electron chi connectivity index (χ3n) is 7.34. The second-order valence-corrected chi connectivity index (χ2v) is 11.6. The largest absolute Gasteiger partial charge is 0.452 e. The number of carbonyl (C=O) groups excluding carboxylic acids is 2. The smallest absolute Gasteiger partial charge is 0.338 e. The number of aromatic nitrogens is 2. The lowest BCUT2D eigenvalue weighted by atomic mass is 10.00. The number of amides is 1. The van der Waals surface area contributed by atoms with Crippen LogP contribution in [0.3, 0.4) is 0 Å². The summed E-state index contributed by atoms with van der Waals surface area (Å²) in [5.74, 6) is -1.14. The van der Waals surface area contributed by atoms with Crippen molar-refractivity contribution in [1.82, 2.24) is 14.3 Å². The van der Waals surface area contributed by atoms with Crippen molar-refractivity contribution in [3.05, 3.63) is 111 Å². The number of fused-ring (bicyclic) bond motifs is 1. The zero-order valence-corrected chi connectivity index (χ0v) is 23.8. The number of hydrogen-bond donors (Lipinski definition) is 1. The van der Waals surface area contributed by atoms with E-state index in [0.717, 1.165) is 12.0 Å². The van der Waals surface area contributed by atoms with Crippen LogP contribution in [0.5, 0.6) is 0 Å². The number of nitrogens with zero attached hydrogens (tertiary/aromatic N) is 3. The number of sulfonamides is 1. The van der Waals surface area contributed by atoms with Crippen molar-refractivity contribution in [2.45, 2.75) is 31.7 Å². The third kappa shape index (κ3) is 5.53. The summed E-state index contributed by atoms with van der Waals surface area (Å²) in [5, 5.41) is 0. The molecule has 5 rings (SSSR count). The lowest BCUT2D eigenvalue weighted by molar-refractivity contribution is -0.135. The van der Waals surface area contributed by atoms with Crippen molar-refractivity contribution in [1.29, 1.82) is 0 Å². The molecule has 11 heteroatoms. The normalized spacial score (nSPS) is 13.0. The molecule has 1 amide bonds. The summed E-state index contributed by atoms with van der Waals surface area (Å²) in [6.45, 7) is 3.78. The quantitative estimate of drug-likeness (QED) is 0.338. The second kappa shape index (κ2) is 11.1. The molecule has 41 heavy (non-hydrogen) atoms. The van der Waals surface area contributed by atoms with E-state index in [1.807, 2.05) is 30.3 Å². The Kier molecular flexibility index (Phi) is 7.55. The van der Waals surface area contributed by atoms with E-state index >= 15 is 0 Å². The highest BCUT2D eigenvalue weighted by Gasteiger charge is 2.25. The van der Waals surface area contributed by atoms with Crippen LogP contribution in [0.1, 0.15) is 32.7 Å². The Morgan fingerprint density at radius 2 is 1.63 bits per heavy atom. The van der Waals surface area contributed by atoms with Crippen molar-refractivity contribution in [2.24, 2.45) is 7.05 Å². The van der Waals surface area contributed by atoms with E-state index in [1.165, 1.54) is 28.4 Å². The molecule has 10 nitrogen and oxygen atoms in total. The van der Waals surface area contributed by atoms with E-state index in [1.54, 1.807) is 54.7 Å². The molecule has 212 valence electrons. The van der Waals surface area contributed by atoms with E-state index in [0.29, 0.717) is 30.0 Å². The average molecular weight is 575 g/mol. The number of ether oxygens (including phenoxy) is 1. The van der Waals surface area contributed by atoms with Crippen LogP contribution in [0.2, 0.25) is 0 Å². The molecule has 1 aromatic heterocycles. The van der Waals surface area contributed by atoms with Crippen LogP contribution in [0.25, 0.3) is 5.69 Å². The molecule has 1 aliphatic heterocycles. The first-order chi connectivity index (χ1) is 19.6. The maximum atomic E-state index is 13.3. The third-order valence-corrected chi connectivity index (χ3v) is 8.69. The Morgan fingerprint density at radius 3 is 2.37 bits per heavy atom. The molecule has 1 aliphatic rings. The predicted molar refractivity (Wildman–Crippen MR) is 154 cm³/mol. The summed E-state index contributed by atoms with van der Waals surface area (Å²) in [7, 11) is -2.59. The standard InChI is InChI=1S/C30H30N4O6S/c1-20-13-14-25(41(38,39)31-28-21(2)32(3)34(29(28)36)24-11-5-4-6-12-24)17-26(20)30(37)40-19-27(35)33-16-15-22-9-7-8-10-23(22)18-33/h4-14,17,31H,15-16,18-19H2,1-3H3. The van der Waals surface area contributed by atoms with Gasteiger partial charge in [0.15, 0.2) is 6.61 Å². The number of rotatable bonds is 7. The van der Waals surface area contributed by atoms with Gasteiger partial charge in [-0.15, -0.1) is 0 Å². The van der Waals surface area contributed by atoms with Gasteiger partial charge < -0.3 is 9.64 Å². The highest BCUT2D eigenvalue weighted by Crippen LogP contribution is 2.22. The molecule has 0 saturated heterocycles. The Hall–Kier alpha value is -4.64. The van der Waals surface area contributed by atoms with Crippen molar-refractivity contribution < 1.29 is 22.7 Å². The molecule has 3 aromatic carbocycles. The van der Waals surface area contributed by atoms with Gasteiger partial charge in [-0.2, -0.15) is 0 Å². The van der Waals surface area contributed by atoms with Gasteiger partial charge in [-0.1, -0.05) is 48.5 Å². The zero-order chi connectivity index (χ0) is 29.3. The van der Waals surface area contributed by atoms with Crippen molar-refractivity contribution in [3.8, 4) is 5.69 Å². The minimum atomic E-state index is -4.25. The molecule has 4 aromatic rings. The van der Waals surface area contributed by atoms with E-state index in [-0.39, 0.29) is 22.1 Å². The van der Waals surface area contributed by atoms with Gasteiger partial charge in [-0.05, 0) is 61.2 Å². The SMILES string of the molecule is Cc1ccc(S(=O)(=O)Nc2c(C)n(C)n(-c3ccccc3)c2=O)cc1C(=O)OCC(=O)N1CCc2ccccc2C1. The maximum absolute atomic E-state index is 13.3. The first-order valence-corrected chi connectivity index (χ1v) is 14.5. The number of carbonyl (C=O) groups is 2. The first-order valence-electron chi connectivity index (χ1n) is 13.1. The molecule has 1 N–H and O–H groups in total.